The lowest BCUT2D eigenvalue weighted by atomic mass is 10.2. The van der Waals surface area contributed by atoms with Gasteiger partial charge in [-0.05, 0) is 42.9 Å². The van der Waals surface area contributed by atoms with Crippen LogP contribution in [0.25, 0.3) is 0 Å². The minimum absolute atomic E-state index is 0.219. The van der Waals surface area contributed by atoms with Crippen LogP contribution in [-0.4, -0.2) is 25.8 Å². The van der Waals surface area contributed by atoms with Crippen molar-refractivity contribution in [3.63, 3.8) is 0 Å². The molecular formula is C16H22N3OS+. The molecule has 0 radical (unpaired) electrons. The van der Waals surface area contributed by atoms with E-state index >= 15 is 0 Å². The lowest BCUT2D eigenvalue weighted by molar-refractivity contribution is -0.891. The number of rotatable bonds is 5. The molecule has 1 atom stereocenters. The first kappa shape index (κ1) is 15.5. The highest BCUT2D eigenvalue weighted by Crippen LogP contribution is 2.13. The molecule has 1 aromatic carbocycles. The van der Waals surface area contributed by atoms with E-state index in [1.54, 1.807) is 6.26 Å². The largest absolute Gasteiger partial charge is 0.463 e. The highest BCUT2D eigenvalue weighted by molar-refractivity contribution is 7.80. The Balaban J connectivity index is 1.92. The van der Waals surface area contributed by atoms with Crippen molar-refractivity contribution in [3.05, 3.63) is 54.0 Å². The van der Waals surface area contributed by atoms with Crippen LogP contribution in [0.4, 0.5) is 5.69 Å². The van der Waals surface area contributed by atoms with Gasteiger partial charge in [0, 0.05) is 5.69 Å². The van der Waals surface area contributed by atoms with Gasteiger partial charge < -0.3 is 20.0 Å². The van der Waals surface area contributed by atoms with E-state index in [1.165, 1.54) is 10.5 Å². The lowest BCUT2D eigenvalue weighted by Gasteiger charge is -2.21. The summed E-state index contributed by atoms with van der Waals surface area (Å²) in [6, 6.07) is 12.2. The predicted octanol–water partition coefficient (Wildman–Crippen LogP) is 1.76. The Kier molecular flexibility index (Phi) is 5.36. The summed E-state index contributed by atoms with van der Waals surface area (Å²) in [6.45, 7) is 2.77. The van der Waals surface area contributed by atoms with Gasteiger partial charge in [0.15, 0.2) is 16.9 Å². The Bertz CT molecular complexity index is 581. The SMILES string of the molecule is Cc1ccccc1NC(=S)NC[C@@H](c1ccco1)[NH+](C)C. The molecular weight excluding hydrogens is 282 g/mol. The molecule has 1 aromatic heterocycles. The standard InChI is InChI=1S/C16H21N3OS/c1-12-7-4-5-8-13(12)18-16(21)17-11-14(19(2)3)15-9-6-10-20-15/h4-10,14H,11H2,1-3H3,(H2,17,18,21)/p+1/t14-/m0/s1. The summed E-state index contributed by atoms with van der Waals surface area (Å²) in [5.74, 6) is 0.959. The third kappa shape index (κ3) is 4.31. The van der Waals surface area contributed by atoms with Gasteiger partial charge in [-0.15, -0.1) is 0 Å². The number of aryl methyl sites for hydroxylation is 1. The molecule has 3 N–H and O–H groups in total. The molecule has 0 bridgehead atoms. The minimum Gasteiger partial charge on any atom is -0.463 e. The normalized spacial score (nSPS) is 12.2. The summed E-state index contributed by atoms with van der Waals surface area (Å²) in [5, 5.41) is 7.12. The van der Waals surface area contributed by atoms with Gasteiger partial charge in [0.05, 0.1) is 26.9 Å². The van der Waals surface area contributed by atoms with Crippen LogP contribution in [0.1, 0.15) is 17.4 Å². The number of furan rings is 1. The second-order valence-corrected chi connectivity index (χ2v) is 5.70. The number of likely N-dealkylation sites (N-methyl/N-ethyl adjacent to an activating group) is 1. The molecule has 1 heterocycles. The van der Waals surface area contributed by atoms with Gasteiger partial charge >= 0.3 is 0 Å². The summed E-state index contributed by atoms with van der Waals surface area (Å²) in [6.07, 6.45) is 1.70. The summed E-state index contributed by atoms with van der Waals surface area (Å²) in [7, 11) is 4.21. The number of hydrogen-bond acceptors (Lipinski definition) is 2. The zero-order valence-corrected chi connectivity index (χ0v) is 13.5. The van der Waals surface area contributed by atoms with Crippen molar-refractivity contribution in [2.45, 2.75) is 13.0 Å². The molecule has 0 aliphatic heterocycles. The van der Waals surface area contributed by atoms with E-state index in [1.807, 2.05) is 30.3 Å². The highest BCUT2D eigenvalue weighted by Gasteiger charge is 2.20. The van der Waals surface area contributed by atoms with Gasteiger partial charge in [0.25, 0.3) is 0 Å². The molecule has 112 valence electrons. The quantitative estimate of drug-likeness (QED) is 0.736. The predicted molar refractivity (Wildman–Crippen MR) is 89.7 cm³/mol. The van der Waals surface area contributed by atoms with Gasteiger partial charge in [-0.1, -0.05) is 18.2 Å². The number of para-hydroxylation sites is 1. The smallest absolute Gasteiger partial charge is 0.171 e. The fourth-order valence-electron chi connectivity index (χ4n) is 2.15. The minimum atomic E-state index is 0.219. The first-order chi connectivity index (χ1) is 10.1. The molecule has 2 rings (SSSR count). The molecule has 0 saturated heterocycles. The van der Waals surface area contributed by atoms with E-state index in [-0.39, 0.29) is 6.04 Å². The fourth-order valence-corrected chi connectivity index (χ4v) is 2.35. The lowest BCUT2D eigenvalue weighted by Crippen LogP contribution is -3.07. The Hall–Kier alpha value is -1.85. The Morgan fingerprint density at radius 1 is 1.24 bits per heavy atom. The average molecular weight is 304 g/mol. The molecule has 0 unspecified atom stereocenters. The zero-order chi connectivity index (χ0) is 15.2. The number of nitrogens with one attached hydrogen (secondary N) is 3. The van der Waals surface area contributed by atoms with Gasteiger partial charge in [-0.25, -0.2) is 0 Å². The maximum atomic E-state index is 5.50. The molecule has 4 nitrogen and oxygen atoms in total. The third-order valence-electron chi connectivity index (χ3n) is 3.44. The van der Waals surface area contributed by atoms with Gasteiger partial charge in [-0.2, -0.15) is 0 Å². The van der Waals surface area contributed by atoms with Crippen LogP contribution in [0, 0.1) is 6.92 Å². The summed E-state index contributed by atoms with van der Waals surface area (Å²) in [5.41, 5.74) is 2.20. The van der Waals surface area contributed by atoms with E-state index in [9.17, 15) is 0 Å². The maximum Gasteiger partial charge on any atom is 0.171 e. The van der Waals surface area contributed by atoms with Crippen molar-refractivity contribution in [2.24, 2.45) is 0 Å². The Labute approximate surface area is 131 Å². The van der Waals surface area contributed by atoms with E-state index in [2.05, 4.69) is 37.7 Å². The van der Waals surface area contributed by atoms with Crippen LogP contribution in [-0.2, 0) is 0 Å². The van der Waals surface area contributed by atoms with E-state index in [0.717, 1.165) is 11.4 Å². The van der Waals surface area contributed by atoms with E-state index in [0.29, 0.717) is 11.7 Å². The number of benzene rings is 1. The molecule has 21 heavy (non-hydrogen) atoms. The first-order valence-electron chi connectivity index (χ1n) is 7.02. The number of thiocarbonyl (C=S) groups is 1. The molecule has 0 amide bonds. The third-order valence-corrected chi connectivity index (χ3v) is 3.69. The summed E-state index contributed by atoms with van der Waals surface area (Å²) >= 11 is 5.37. The fraction of sp³-hybridized carbons (Fsp3) is 0.312. The van der Waals surface area contributed by atoms with E-state index in [4.69, 9.17) is 16.6 Å². The van der Waals surface area contributed by atoms with Crippen molar-refractivity contribution in [1.82, 2.24) is 5.32 Å². The Morgan fingerprint density at radius 3 is 2.62 bits per heavy atom. The van der Waals surface area contributed by atoms with Crippen molar-refractivity contribution in [1.29, 1.82) is 0 Å². The van der Waals surface area contributed by atoms with Crippen molar-refractivity contribution >= 4 is 23.0 Å². The monoisotopic (exact) mass is 304 g/mol. The van der Waals surface area contributed by atoms with Crippen LogP contribution < -0.4 is 15.5 Å². The highest BCUT2D eigenvalue weighted by atomic mass is 32.1. The van der Waals surface area contributed by atoms with Gasteiger partial charge in [0.2, 0.25) is 0 Å². The van der Waals surface area contributed by atoms with Crippen molar-refractivity contribution in [3.8, 4) is 0 Å². The average Bonchev–Trinajstić information content (AvgIpc) is 2.95. The molecule has 0 aliphatic carbocycles. The van der Waals surface area contributed by atoms with Crippen LogP contribution >= 0.6 is 12.2 Å². The van der Waals surface area contributed by atoms with Crippen molar-refractivity contribution in [2.75, 3.05) is 26.0 Å². The number of hydrogen-bond donors (Lipinski definition) is 3. The maximum absolute atomic E-state index is 5.50. The first-order valence-corrected chi connectivity index (χ1v) is 7.42. The molecule has 0 saturated carbocycles. The van der Waals surface area contributed by atoms with Crippen LogP contribution in [0.2, 0.25) is 0 Å². The molecule has 2 aromatic rings. The van der Waals surface area contributed by atoms with Crippen LogP contribution in [0.3, 0.4) is 0 Å². The van der Waals surface area contributed by atoms with E-state index < -0.39 is 0 Å². The summed E-state index contributed by atoms with van der Waals surface area (Å²) < 4.78 is 5.50. The second-order valence-electron chi connectivity index (χ2n) is 5.30. The number of anilines is 1. The molecule has 0 spiro atoms. The topological polar surface area (TPSA) is 41.6 Å². The van der Waals surface area contributed by atoms with Gasteiger partial charge in [0.1, 0.15) is 0 Å². The van der Waals surface area contributed by atoms with Crippen LogP contribution in [0.5, 0.6) is 0 Å². The number of quaternary nitrogens is 1. The zero-order valence-electron chi connectivity index (χ0n) is 12.6. The molecule has 5 heteroatoms. The molecule has 0 fully saturated rings. The second kappa shape index (κ2) is 7.24. The summed E-state index contributed by atoms with van der Waals surface area (Å²) in [4.78, 5) is 1.29. The van der Waals surface area contributed by atoms with Gasteiger partial charge in [-0.3, -0.25) is 0 Å². The Morgan fingerprint density at radius 2 is 2.00 bits per heavy atom. The van der Waals surface area contributed by atoms with Crippen molar-refractivity contribution < 1.29 is 9.32 Å². The molecule has 0 aliphatic rings. The van der Waals surface area contributed by atoms with Crippen LogP contribution in [0.15, 0.2) is 47.1 Å².